The van der Waals surface area contributed by atoms with Crippen molar-refractivity contribution in [3.05, 3.63) is 17.3 Å². The van der Waals surface area contributed by atoms with Crippen LogP contribution in [0.1, 0.15) is 90.8 Å². The molecule has 1 amide bonds. The summed E-state index contributed by atoms with van der Waals surface area (Å²) < 4.78 is 12.6. The summed E-state index contributed by atoms with van der Waals surface area (Å²) in [6.45, 7) is 13.9. The van der Waals surface area contributed by atoms with E-state index in [4.69, 9.17) is 14.3 Å². The number of nitriles is 1. The first kappa shape index (κ1) is 26.9. The molecule has 3 heterocycles. The fourth-order valence-corrected chi connectivity index (χ4v) is 5.13. The van der Waals surface area contributed by atoms with E-state index in [-0.39, 0.29) is 25.0 Å². The van der Waals surface area contributed by atoms with Crippen LogP contribution in [0.2, 0.25) is 0 Å². The Labute approximate surface area is 216 Å². The SMILES string of the molecule is CC.CC1(C)OB(c2cc(C#N)c(N3CCN(C(=O)CCO)C(C4CC4)C3)nc2C2CC2)OC1(C)C. The second-order valence-electron chi connectivity index (χ2n) is 11.2. The summed E-state index contributed by atoms with van der Waals surface area (Å²) in [7, 11) is -0.540. The van der Waals surface area contributed by atoms with Crippen LogP contribution in [0.3, 0.4) is 0 Å². The van der Waals surface area contributed by atoms with Gasteiger partial charge >= 0.3 is 7.12 Å². The summed E-state index contributed by atoms with van der Waals surface area (Å²) in [6, 6.07) is 4.40. The van der Waals surface area contributed by atoms with E-state index in [2.05, 4.69) is 11.0 Å². The smallest absolute Gasteiger partial charge is 0.399 e. The Morgan fingerprint density at radius 3 is 2.33 bits per heavy atom. The number of carbonyl (C=O) groups is 1. The van der Waals surface area contributed by atoms with Crippen LogP contribution in [-0.4, -0.2) is 71.5 Å². The van der Waals surface area contributed by atoms with Gasteiger partial charge in [-0.25, -0.2) is 4.98 Å². The van der Waals surface area contributed by atoms with Crippen molar-refractivity contribution in [1.29, 1.82) is 5.26 Å². The molecule has 1 aromatic heterocycles. The van der Waals surface area contributed by atoms with E-state index in [1.165, 1.54) is 0 Å². The average molecular weight is 496 g/mol. The van der Waals surface area contributed by atoms with E-state index in [0.29, 0.717) is 42.9 Å². The minimum atomic E-state index is -0.540. The molecule has 1 N–H and O–H groups in total. The number of hydrogen-bond donors (Lipinski definition) is 1. The lowest BCUT2D eigenvalue weighted by molar-refractivity contribution is -0.135. The van der Waals surface area contributed by atoms with Gasteiger partial charge in [-0.15, -0.1) is 0 Å². The van der Waals surface area contributed by atoms with E-state index in [1.807, 2.05) is 52.5 Å². The molecule has 0 spiro atoms. The minimum Gasteiger partial charge on any atom is -0.399 e. The van der Waals surface area contributed by atoms with Crippen LogP contribution in [0.4, 0.5) is 5.82 Å². The van der Waals surface area contributed by atoms with Gasteiger partial charge in [0, 0.05) is 43.1 Å². The summed E-state index contributed by atoms with van der Waals surface area (Å²) in [6.07, 6.45) is 4.57. The normalized spacial score (nSPS) is 24.7. The summed E-state index contributed by atoms with van der Waals surface area (Å²) >= 11 is 0. The Hall–Kier alpha value is -2.15. The van der Waals surface area contributed by atoms with Gasteiger partial charge in [0.2, 0.25) is 5.91 Å². The highest BCUT2D eigenvalue weighted by Crippen LogP contribution is 2.43. The van der Waals surface area contributed by atoms with Gasteiger partial charge < -0.3 is 24.2 Å². The standard InChI is InChI=1S/C25H35BN4O4.C2H6/c1-24(2)25(3,4)34-26(33-24)19-13-18(14-27)23(28-22(19)17-7-8-17)29-10-11-30(21(32)9-12-31)20(15-29)16-5-6-16;1-2/h13,16-17,20,31H,5-12,15H2,1-4H3;1-2H3. The van der Waals surface area contributed by atoms with Crippen molar-refractivity contribution in [2.45, 2.75) is 96.8 Å². The van der Waals surface area contributed by atoms with Crippen molar-refractivity contribution in [3.8, 4) is 6.07 Å². The Kier molecular flexibility index (Phi) is 7.71. The number of aliphatic hydroxyl groups is 1. The van der Waals surface area contributed by atoms with Gasteiger partial charge in [0.15, 0.2) is 0 Å². The third kappa shape index (κ3) is 5.13. The Balaban J connectivity index is 0.00000148. The molecule has 1 unspecified atom stereocenters. The van der Waals surface area contributed by atoms with Crippen molar-refractivity contribution in [3.63, 3.8) is 0 Å². The number of nitrogens with zero attached hydrogens (tertiary/aromatic N) is 4. The monoisotopic (exact) mass is 496 g/mol. The molecule has 0 bridgehead atoms. The lowest BCUT2D eigenvalue weighted by Gasteiger charge is -2.42. The number of piperazine rings is 1. The third-order valence-corrected chi connectivity index (χ3v) is 8.18. The highest BCUT2D eigenvalue weighted by Gasteiger charge is 2.53. The van der Waals surface area contributed by atoms with Gasteiger partial charge in [0.05, 0.1) is 29.4 Å². The van der Waals surface area contributed by atoms with E-state index < -0.39 is 18.3 Å². The van der Waals surface area contributed by atoms with E-state index >= 15 is 0 Å². The Morgan fingerprint density at radius 1 is 1.17 bits per heavy atom. The second kappa shape index (κ2) is 10.3. The Bertz CT molecular complexity index is 1000. The molecule has 2 saturated heterocycles. The van der Waals surface area contributed by atoms with Crippen molar-refractivity contribution in [2.24, 2.45) is 5.92 Å². The van der Waals surface area contributed by atoms with Crippen LogP contribution in [0.25, 0.3) is 0 Å². The van der Waals surface area contributed by atoms with Gasteiger partial charge in [-0.2, -0.15) is 5.26 Å². The molecular formula is C27H41BN4O4. The van der Waals surface area contributed by atoms with Crippen molar-refractivity contribution >= 4 is 24.3 Å². The predicted octanol–water partition coefficient (Wildman–Crippen LogP) is 2.97. The topological polar surface area (TPSA) is 98.9 Å². The molecule has 196 valence electrons. The molecule has 2 aliphatic carbocycles. The van der Waals surface area contributed by atoms with Crippen LogP contribution >= 0.6 is 0 Å². The van der Waals surface area contributed by atoms with E-state index in [0.717, 1.165) is 36.8 Å². The fourth-order valence-electron chi connectivity index (χ4n) is 5.13. The highest BCUT2D eigenvalue weighted by molar-refractivity contribution is 6.62. The van der Waals surface area contributed by atoms with Crippen LogP contribution in [0, 0.1) is 17.2 Å². The average Bonchev–Trinajstić information content (AvgIpc) is 3.77. The number of amides is 1. The molecule has 1 aromatic rings. The number of rotatable bonds is 6. The number of hydrogen-bond acceptors (Lipinski definition) is 7. The van der Waals surface area contributed by atoms with E-state index in [9.17, 15) is 15.2 Å². The highest BCUT2D eigenvalue weighted by atomic mass is 16.7. The number of pyridine rings is 1. The molecule has 8 nitrogen and oxygen atoms in total. The zero-order valence-corrected chi connectivity index (χ0v) is 22.7. The molecule has 4 aliphatic rings. The number of anilines is 1. The molecule has 0 radical (unpaired) electrons. The van der Waals surface area contributed by atoms with E-state index in [1.54, 1.807) is 0 Å². The maximum absolute atomic E-state index is 12.6. The Morgan fingerprint density at radius 2 is 1.81 bits per heavy atom. The molecule has 36 heavy (non-hydrogen) atoms. The number of carbonyl (C=O) groups excluding carboxylic acids is 1. The van der Waals surface area contributed by atoms with Gasteiger partial charge in [-0.3, -0.25) is 4.79 Å². The first-order valence-corrected chi connectivity index (χ1v) is 13.6. The quantitative estimate of drug-likeness (QED) is 0.605. The summed E-state index contributed by atoms with van der Waals surface area (Å²) in [5.74, 6) is 1.59. The summed E-state index contributed by atoms with van der Waals surface area (Å²) in [5.41, 5.74) is 1.46. The van der Waals surface area contributed by atoms with Crippen molar-refractivity contribution in [2.75, 3.05) is 31.1 Å². The number of aliphatic hydroxyl groups excluding tert-OH is 1. The molecule has 2 saturated carbocycles. The second-order valence-corrected chi connectivity index (χ2v) is 11.2. The van der Waals surface area contributed by atoms with Crippen LogP contribution < -0.4 is 10.4 Å². The predicted molar refractivity (Wildman–Crippen MR) is 140 cm³/mol. The largest absolute Gasteiger partial charge is 0.496 e. The maximum Gasteiger partial charge on any atom is 0.496 e. The molecule has 0 aromatic carbocycles. The maximum atomic E-state index is 12.6. The molecule has 2 aliphatic heterocycles. The zero-order valence-electron chi connectivity index (χ0n) is 22.7. The zero-order chi connectivity index (χ0) is 26.3. The fraction of sp³-hybridized carbons (Fsp3) is 0.741. The molecule has 5 rings (SSSR count). The van der Waals surface area contributed by atoms with Crippen LogP contribution in [-0.2, 0) is 14.1 Å². The molecule has 1 atom stereocenters. The van der Waals surface area contributed by atoms with Gasteiger partial charge in [0.25, 0.3) is 0 Å². The summed E-state index contributed by atoms with van der Waals surface area (Å²) in [4.78, 5) is 21.8. The first-order chi connectivity index (χ1) is 17.1. The molecule has 9 heteroatoms. The van der Waals surface area contributed by atoms with Crippen molar-refractivity contribution < 1.29 is 19.2 Å². The number of aromatic nitrogens is 1. The van der Waals surface area contributed by atoms with Crippen molar-refractivity contribution in [1.82, 2.24) is 9.88 Å². The molecular weight excluding hydrogens is 455 g/mol. The lowest BCUT2D eigenvalue weighted by atomic mass is 9.76. The summed E-state index contributed by atoms with van der Waals surface area (Å²) in [5, 5.41) is 19.3. The minimum absolute atomic E-state index is 0.0160. The third-order valence-electron chi connectivity index (χ3n) is 8.18. The van der Waals surface area contributed by atoms with Crippen LogP contribution in [0.15, 0.2) is 6.07 Å². The first-order valence-electron chi connectivity index (χ1n) is 13.6. The van der Waals surface area contributed by atoms with Crippen LogP contribution in [0.5, 0.6) is 0 Å². The van der Waals surface area contributed by atoms with Gasteiger partial charge in [-0.1, -0.05) is 13.8 Å². The molecule has 4 fully saturated rings. The van der Waals surface area contributed by atoms with Gasteiger partial charge in [-0.05, 0) is 65.4 Å². The van der Waals surface area contributed by atoms with Gasteiger partial charge in [0.1, 0.15) is 11.9 Å². The lowest BCUT2D eigenvalue weighted by Crippen LogP contribution is -2.56.